The maximum atomic E-state index is 13.4. The highest BCUT2D eigenvalue weighted by Crippen LogP contribution is 2.22. The van der Waals surface area contributed by atoms with Crippen LogP contribution >= 0.6 is 0 Å². The average molecular weight is 305 g/mol. The molecule has 2 saturated heterocycles. The number of aryl methyl sites for hydroxylation is 1. The van der Waals surface area contributed by atoms with Gasteiger partial charge in [0.1, 0.15) is 5.82 Å². The molecule has 2 fully saturated rings. The van der Waals surface area contributed by atoms with Crippen LogP contribution in [0.2, 0.25) is 0 Å². The zero-order chi connectivity index (χ0) is 15.7. The zero-order valence-corrected chi connectivity index (χ0v) is 13.4. The minimum absolute atomic E-state index is 0.123. The van der Waals surface area contributed by atoms with Gasteiger partial charge < -0.3 is 9.80 Å². The minimum Gasteiger partial charge on any atom is -0.340 e. The number of nitrogens with zero attached hydrogens (tertiary/aromatic N) is 3. The number of likely N-dealkylation sites (tertiary alicyclic amines) is 1. The molecule has 0 spiro atoms. The molecule has 4 nitrogen and oxygen atoms in total. The molecule has 0 radical (unpaired) electrons. The normalized spacial score (nSPS) is 21.0. The van der Waals surface area contributed by atoms with Crippen LogP contribution in [0.1, 0.15) is 11.1 Å². The van der Waals surface area contributed by atoms with E-state index in [1.807, 2.05) is 17.9 Å². The summed E-state index contributed by atoms with van der Waals surface area (Å²) in [6.07, 6.45) is 0. The van der Waals surface area contributed by atoms with Crippen LogP contribution < -0.4 is 0 Å². The molecule has 0 atom stereocenters. The maximum absolute atomic E-state index is 13.4. The van der Waals surface area contributed by atoms with Gasteiger partial charge in [0.2, 0.25) is 5.91 Å². The van der Waals surface area contributed by atoms with Gasteiger partial charge in [-0.25, -0.2) is 4.39 Å². The van der Waals surface area contributed by atoms with E-state index in [-0.39, 0.29) is 11.7 Å². The Morgan fingerprint density at radius 2 is 1.86 bits per heavy atom. The Labute approximate surface area is 131 Å². The first-order chi connectivity index (χ1) is 10.5. The average Bonchev–Trinajstić information content (AvgIpc) is 2.41. The molecule has 2 aliphatic heterocycles. The number of halogens is 1. The van der Waals surface area contributed by atoms with Gasteiger partial charge in [0, 0.05) is 45.8 Å². The number of likely N-dealkylation sites (N-methyl/N-ethyl adjacent to an activating group) is 1. The lowest BCUT2D eigenvalue weighted by molar-refractivity contribution is -0.143. The van der Waals surface area contributed by atoms with E-state index in [0.29, 0.717) is 5.91 Å². The highest BCUT2D eigenvalue weighted by atomic mass is 19.1. The van der Waals surface area contributed by atoms with Crippen molar-refractivity contribution in [2.24, 2.45) is 5.92 Å². The fraction of sp³-hybridized carbons (Fsp3) is 0.588. The smallest absolute Gasteiger partial charge is 0.228 e. The van der Waals surface area contributed by atoms with E-state index < -0.39 is 0 Å². The molecule has 1 amide bonds. The molecule has 0 N–H and O–H groups in total. The number of rotatable bonds is 3. The zero-order valence-electron chi connectivity index (χ0n) is 13.4. The summed E-state index contributed by atoms with van der Waals surface area (Å²) in [6.45, 7) is 7.83. The Kier molecular flexibility index (Phi) is 4.45. The van der Waals surface area contributed by atoms with Gasteiger partial charge in [0.05, 0.1) is 5.92 Å². The molecule has 2 heterocycles. The van der Waals surface area contributed by atoms with Gasteiger partial charge in [-0.3, -0.25) is 9.69 Å². The van der Waals surface area contributed by atoms with E-state index >= 15 is 0 Å². The van der Waals surface area contributed by atoms with Gasteiger partial charge in [-0.05, 0) is 37.2 Å². The van der Waals surface area contributed by atoms with E-state index in [4.69, 9.17) is 0 Å². The van der Waals surface area contributed by atoms with Crippen LogP contribution in [0.5, 0.6) is 0 Å². The number of carbonyl (C=O) groups excluding carboxylic acids is 1. The van der Waals surface area contributed by atoms with E-state index in [1.54, 1.807) is 12.1 Å². The van der Waals surface area contributed by atoms with Crippen LogP contribution in [0, 0.1) is 18.7 Å². The van der Waals surface area contributed by atoms with E-state index in [0.717, 1.165) is 56.9 Å². The Balaban J connectivity index is 1.48. The van der Waals surface area contributed by atoms with Crippen molar-refractivity contribution in [3.05, 3.63) is 35.1 Å². The summed E-state index contributed by atoms with van der Waals surface area (Å²) >= 11 is 0. The van der Waals surface area contributed by atoms with Gasteiger partial charge in [-0.1, -0.05) is 6.07 Å². The van der Waals surface area contributed by atoms with Crippen LogP contribution in [0.15, 0.2) is 18.2 Å². The summed E-state index contributed by atoms with van der Waals surface area (Å²) in [5, 5.41) is 0. The molecule has 120 valence electrons. The first-order valence-electron chi connectivity index (χ1n) is 7.97. The molecule has 3 rings (SSSR count). The van der Waals surface area contributed by atoms with Crippen LogP contribution in [-0.4, -0.2) is 66.9 Å². The molecule has 0 bridgehead atoms. The summed E-state index contributed by atoms with van der Waals surface area (Å²) in [5.74, 6) is 0.235. The SMILES string of the molecule is Cc1cc(F)cc(CN2CC(C(=O)N3CCN(C)CC3)C2)c1. The third kappa shape index (κ3) is 3.47. The van der Waals surface area contributed by atoms with Crippen molar-refractivity contribution in [2.75, 3.05) is 46.3 Å². The number of hydrogen-bond acceptors (Lipinski definition) is 3. The van der Waals surface area contributed by atoms with Crippen LogP contribution in [0.4, 0.5) is 4.39 Å². The van der Waals surface area contributed by atoms with Crippen molar-refractivity contribution in [2.45, 2.75) is 13.5 Å². The first-order valence-corrected chi connectivity index (χ1v) is 7.97. The van der Waals surface area contributed by atoms with Gasteiger partial charge in [0.25, 0.3) is 0 Å². The molecule has 0 saturated carbocycles. The molecule has 22 heavy (non-hydrogen) atoms. The summed E-state index contributed by atoms with van der Waals surface area (Å²) in [6, 6.07) is 5.14. The van der Waals surface area contributed by atoms with Crippen molar-refractivity contribution in [3.63, 3.8) is 0 Å². The van der Waals surface area contributed by atoms with Crippen molar-refractivity contribution in [1.82, 2.24) is 14.7 Å². The number of amides is 1. The van der Waals surface area contributed by atoms with Crippen molar-refractivity contribution >= 4 is 5.91 Å². The van der Waals surface area contributed by atoms with Gasteiger partial charge in [-0.2, -0.15) is 0 Å². The molecule has 2 aliphatic rings. The Bertz CT molecular complexity index is 529. The first kappa shape index (κ1) is 15.4. The monoisotopic (exact) mass is 305 g/mol. The number of benzene rings is 1. The van der Waals surface area contributed by atoms with Crippen molar-refractivity contribution in [1.29, 1.82) is 0 Å². The molecule has 1 aromatic rings. The summed E-state index contributed by atoms with van der Waals surface area (Å²) in [7, 11) is 2.09. The van der Waals surface area contributed by atoms with E-state index in [1.165, 1.54) is 0 Å². The summed E-state index contributed by atoms with van der Waals surface area (Å²) < 4.78 is 13.4. The summed E-state index contributed by atoms with van der Waals surface area (Å²) in [5.41, 5.74) is 1.93. The maximum Gasteiger partial charge on any atom is 0.228 e. The fourth-order valence-corrected chi connectivity index (χ4v) is 3.30. The lowest BCUT2D eigenvalue weighted by atomic mass is 9.97. The van der Waals surface area contributed by atoms with E-state index in [2.05, 4.69) is 16.8 Å². The third-order valence-electron chi connectivity index (χ3n) is 4.63. The minimum atomic E-state index is -0.180. The van der Waals surface area contributed by atoms with Gasteiger partial charge in [0.15, 0.2) is 0 Å². The molecule has 0 unspecified atom stereocenters. The molecule has 0 aliphatic carbocycles. The molecule has 1 aromatic carbocycles. The topological polar surface area (TPSA) is 26.8 Å². The molecule has 0 aromatic heterocycles. The van der Waals surface area contributed by atoms with E-state index in [9.17, 15) is 9.18 Å². The second-order valence-electron chi connectivity index (χ2n) is 6.66. The Hall–Kier alpha value is -1.46. The third-order valence-corrected chi connectivity index (χ3v) is 4.63. The molecule has 5 heteroatoms. The highest BCUT2D eigenvalue weighted by molar-refractivity contribution is 5.80. The predicted octanol–water partition coefficient (Wildman–Crippen LogP) is 1.34. The predicted molar refractivity (Wildman–Crippen MR) is 84.0 cm³/mol. The van der Waals surface area contributed by atoms with Crippen molar-refractivity contribution < 1.29 is 9.18 Å². The molecular formula is C17H24FN3O. The van der Waals surface area contributed by atoms with Crippen LogP contribution in [0.25, 0.3) is 0 Å². The van der Waals surface area contributed by atoms with Crippen molar-refractivity contribution in [3.8, 4) is 0 Å². The quantitative estimate of drug-likeness (QED) is 0.843. The number of piperazine rings is 1. The largest absolute Gasteiger partial charge is 0.340 e. The lowest BCUT2D eigenvalue weighted by Crippen LogP contribution is -2.57. The van der Waals surface area contributed by atoms with Crippen LogP contribution in [-0.2, 0) is 11.3 Å². The Morgan fingerprint density at radius 3 is 2.50 bits per heavy atom. The number of hydrogen-bond donors (Lipinski definition) is 0. The lowest BCUT2D eigenvalue weighted by Gasteiger charge is -2.42. The summed E-state index contributed by atoms with van der Waals surface area (Å²) in [4.78, 5) is 18.9. The number of carbonyl (C=O) groups is 1. The van der Waals surface area contributed by atoms with Crippen LogP contribution in [0.3, 0.4) is 0 Å². The second-order valence-corrected chi connectivity index (χ2v) is 6.66. The Morgan fingerprint density at radius 1 is 1.18 bits per heavy atom. The second kappa shape index (κ2) is 6.34. The van der Waals surface area contributed by atoms with Gasteiger partial charge >= 0.3 is 0 Å². The van der Waals surface area contributed by atoms with Gasteiger partial charge in [-0.15, -0.1) is 0 Å². The standard InChI is InChI=1S/C17H24FN3O/c1-13-7-14(9-16(18)8-13)10-20-11-15(12-20)17(22)21-5-3-19(2)4-6-21/h7-9,15H,3-6,10-12H2,1-2H3. The molecular weight excluding hydrogens is 281 g/mol. The fourth-order valence-electron chi connectivity index (χ4n) is 3.30. The highest BCUT2D eigenvalue weighted by Gasteiger charge is 2.35.